The molecule has 9 nitrogen and oxygen atoms in total. The molecule has 168 valence electrons. The fourth-order valence-electron chi connectivity index (χ4n) is 4.57. The van der Waals surface area contributed by atoms with Crippen LogP contribution in [0, 0.1) is 5.92 Å². The van der Waals surface area contributed by atoms with Gasteiger partial charge in [-0.25, -0.2) is 4.98 Å². The van der Waals surface area contributed by atoms with Gasteiger partial charge in [-0.2, -0.15) is 5.10 Å². The van der Waals surface area contributed by atoms with Crippen LogP contribution in [0.5, 0.6) is 5.75 Å². The molecule has 1 aliphatic carbocycles. The summed E-state index contributed by atoms with van der Waals surface area (Å²) in [5.74, 6) is -1.31. The second-order valence-electron chi connectivity index (χ2n) is 8.58. The van der Waals surface area contributed by atoms with E-state index in [0.717, 1.165) is 40.4 Å². The summed E-state index contributed by atoms with van der Waals surface area (Å²) >= 11 is 1.42. The van der Waals surface area contributed by atoms with Crippen molar-refractivity contribution in [3.8, 4) is 27.6 Å². The van der Waals surface area contributed by atoms with Crippen molar-refractivity contribution in [3.05, 3.63) is 30.2 Å². The highest BCUT2D eigenvalue weighted by molar-refractivity contribution is 7.19. The van der Waals surface area contributed by atoms with Crippen LogP contribution in [-0.2, 0) is 11.4 Å². The van der Waals surface area contributed by atoms with Crippen molar-refractivity contribution in [2.24, 2.45) is 5.92 Å². The fourth-order valence-corrected chi connectivity index (χ4v) is 5.61. The Hall–Kier alpha value is -2.82. The van der Waals surface area contributed by atoms with Gasteiger partial charge in [-0.1, -0.05) is 11.3 Å². The minimum absolute atomic E-state index is 0.0913. The Labute approximate surface area is 189 Å². The molecule has 0 aromatic carbocycles. The molecule has 1 saturated carbocycles. The maximum Gasteiger partial charge on any atom is 0.223 e. The van der Waals surface area contributed by atoms with E-state index in [1.165, 1.54) is 25.2 Å². The number of carbonyl (C=O) groups excluding carboxylic acids is 1. The number of hydrogen-bond acceptors (Lipinski definition) is 8. The van der Waals surface area contributed by atoms with E-state index in [1.54, 1.807) is 12.4 Å². The molecule has 5 rings (SSSR count). The van der Waals surface area contributed by atoms with Crippen LogP contribution in [0.2, 0.25) is 0 Å². The van der Waals surface area contributed by atoms with Crippen molar-refractivity contribution < 1.29 is 19.7 Å². The quantitative estimate of drug-likeness (QED) is 0.516. The molecular formula is C22H25N5O4S. The lowest BCUT2D eigenvalue weighted by Crippen LogP contribution is -2.37. The van der Waals surface area contributed by atoms with Gasteiger partial charge in [0.05, 0.1) is 10.9 Å². The fraction of sp³-hybridized carbons (Fsp3) is 0.455. The second kappa shape index (κ2) is 7.95. The van der Waals surface area contributed by atoms with Gasteiger partial charge in [0.15, 0.2) is 16.7 Å². The normalized spacial score (nSPS) is 20.2. The molecule has 3 aromatic rings. The number of fused-ring (bicyclic) bond motifs is 3. The molecule has 2 aliphatic rings. The number of carbonyl (C=O) groups is 1. The van der Waals surface area contributed by atoms with Crippen LogP contribution in [0.1, 0.15) is 51.3 Å². The van der Waals surface area contributed by atoms with E-state index >= 15 is 0 Å². The van der Waals surface area contributed by atoms with Crippen molar-refractivity contribution in [2.45, 2.75) is 58.0 Å². The molecule has 1 amide bonds. The minimum atomic E-state index is -1.67. The molecular weight excluding hydrogens is 430 g/mol. The van der Waals surface area contributed by atoms with Crippen LogP contribution in [0.4, 0.5) is 5.13 Å². The Morgan fingerprint density at radius 2 is 2.09 bits per heavy atom. The number of hydrogen-bond donors (Lipinski definition) is 3. The maximum atomic E-state index is 11.5. The summed E-state index contributed by atoms with van der Waals surface area (Å²) in [4.78, 5) is 21.3. The number of aliphatic hydroxyl groups is 2. The smallest absolute Gasteiger partial charge is 0.223 e. The first-order valence-corrected chi connectivity index (χ1v) is 11.5. The van der Waals surface area contributed by atoms with E-state index in [4.69, 9.17) is 9.84 Å². The summed E-state index contributed by atoms with van der Waals surface area (Å²) in [6.07, 6.45) is 6.42. The molecule has 0 unspecified atom stereocenters. The predicted octanol–water partition coefficient (Wildman–Crippen LogP) is 3.35. The summed E-state index contributed by atoms with van der Waals surface area (Å²) in [5, 5.41) is 28.3. The van der Waals surface area contributed by atoms with Gasteiger partial charge in [-0.3, -0.25) is 14.5 Å². The summed E-state index contributed by atoms with van der Waals surface area (Å²) in [6, 6.07) is 3.91. The summed E-state index contributed by atoms with van der Waals surface area (Å²) in [7, 11) is 0. The van der Waals surface area contributed by atoms with Crippen molar-refractivity contribution in [1.29, 1.82) is 0 Å². The number of thiazole rings is 1. The topological polar surface area (TPSA) is 122 Å². The molecule has 1 aliphatic heterocycles. The SMILES string of the molecule is CC(=O)Nc1nc2c(s1)-c1c(c(-c3cccnc3)nn1C1CCC(C(C)(O)O)CC1)OC2. The van der Waals surface area contributed by atoms with E-state index < -0.39 is 5.79 Å². The van der Waals surface area contributed by atoms with Crippen LogP contribution in [0.15, 0.2) is 24.5 Å². The first-order chi connectivity index (χ1) is 15.3. The summed E-state index contributed by atoms with van der Waals surface area (Å²) in [6.45, 7) is 3.22. The van der Waals surface area contributed by atoms with Crippen LogP contribution in [-0.4, -0.2) is 41.7 Å². The Kier molecular flexibility index (Phi) is 5.23. The number of aromatic nitrogens is 4. The van der Waals surface area contributed by atoms with E-state index in [2.05, 4.69) is 15.3 Å². The monoisotopic (exact) mass is 455 g/mol. The Bertz CT molecular complexity index is 1140. The van der Waals surface area contributed by atoms with Gasteiger partial charge in [-0.15, -0.1) is 0 Å². The largest absolute Gasteiger partial charge is 0.483 e. The van der Waals surface area contributed by atoms with Gasteiger partial charge in [0.2, 0.25) is 5.91 Å². The summed E-state index contributed by atoms with van der Waals surface area (Å²) in [5.41, 5.74) is 3.23. The van der Waals surface area contributed by atoms with Crippen LogP contribution in [0.25, 0.3) is 21.8 Å². The molecule has 0 saturated heterocycles. The first kappa shape index (κ1) is 21.0. The molecule has 0 radical (unpaired) electrons. The van der Waals surface area contributed by atoms with Crippen LogP contribution in [0.3, 0.4) is 0 Å². The van der Waals surface area contributed by atoms with Gasteiger partial charge in [0.1, 0.15) is 23.7 Å². The van der Waals surface area contributed by atoms with Gasteiger partial charge >= 0.3 is 0 Å². The average Bonchev–Trinajstić information content (AvgIpc) is 3.34. The van der Waals surface area contributed by atoms with Gasteiger partial charge < -0.3 is 20.3 Å². The zero-order chi connectivity index (χ0) is 22.5. The first-order valence-electron chi connectivity index (χ1n) is 10.7. The lowest BCUT2D eigenvalue weighted by molar-refractivity contribution is -0.193. The zero-order valence-electron chi connectivity index (χ0n) is 17.9. The molecule has 3 N–H and O–H groups in total. The molecule has 10 heteroatoms. The third kappa shape index (κ3) is 3.78. The van der Waals surface area contributed by atoms with Crippen LogP contribution >= 0.6 is 11.3 Å². The Morgan fingerprint density at radius 3 is 2.75 bits per heavy atom. The molecule has 4 heterocycles. The summed E-state index contributed by atoms with van der Waals surface area (Å²) < 4.78 is 8.15. The third-order valence-corrected chi connectivity index (χ3v) is 7.19. The maximum absolute atomic E-state index is 11.5. The molecule has 3 aromatic heterocycles. The number of amides is 1. The third-order valence-electron chi connectivity index (χ3n) is 6.17. The number of nitrogens with zero attached hydrogens (tertiary/aromatic N) is 4. The molecule has 32 heavy (non-hydrogen) atoms. The molecule has 1 fully saturated rings. The number of ether oxygens (including phenoxy) is 1. The number of pyridine rings is 1. The lowest BCUT2D eigenvalue weighted by atomic mass is 9.81. The highest BCUT2D eigenvalue weighted by atomic mass is 32.1. The van der Waals surface area contributed by atoms with Crippen LogP contribution < -0.4 is 10.1 Å². The number of rotatable bonds is 4. The highest BCUT2D eigenvalue weighted by Gasteiger charge is 2.37. The van der Waals surface area contributed by atoms with Gasteiger partial charge in [0, 0.05) is 30.8 Å². The predicted molar refractivity (Wildman–Crippen MR) is 119 cm³/mol. The standard InChI is InChI=1S/C22H25N5O4S/c1-12(28)24-21-25-16-11-31-19-17(13-4-3-9-23-10-13)26-27(18(19)20(16)32-21)15-7-5-14(6-8-15)22(2,29)30/h3-4,9-10,14-15,29-30H,5-8,11H2,1-2H3,(H,24,25,28). The minimum Gasteiger partial charge on any atom is -0.483 e. The van der Waals surface area contributed by atoms with Crippen molar-refractivity contribution in [3.63, 3.8) is 0 Å². The van der Waals surface area contributed by atoms with Crippen molar-refractivity contribution in [1.82, 2.24) is 19.7 Å². The van der Waals surface area contributed by atoms with E-state index in [-0.39, 0.29) is 17.9 Å². The Morgan fingerprint density at radius 1 is 1.31 bits per heavy atom. The van der Waals surface area contributed by atoms with Crippen molar-refractivity contribution in [2.75, 3.05) is 5.32 Å². The molecule has 0 bridgehead atoms. The zero-order valence-corrected chi connectivity index (χ0v) is 18.7. The van der Waals surface area contributed by atoms with Gasteiger partial charge in [0.25, 0.3) is 0 Å². The highest BCUT2D eigenvalue weighted by Crippen LogP contribution is 2.49. The van der Waals surface area contributed by atoms with E-state index in [9.17, 15) is 15.0 Å². The number of nitrogens with one attached hydrogen (secondary N) is 1. The Balaban J connectivity index is 1.58. The number of anilines is 1. The van der Waals surface area contributed by atoms with E-state index in [0.29, 0.717) is 30.3 Å². The molecule has 0 spiro atoms. The lowest BCUT2D eigenvalue weighted by Gasteiger charge is -2.35. The second-order valence-corrected chi connectivity index (χ2v) is 9.58. The molecule has 0 atom stereocenters. The van der Waals surface area contributed by atoms with E-state index in [1.807, 2.05) is 16.8 Å². The average molecular weight is 456 g/mol. The van der Waals surface area contributed by atoms with Crippen molar-refractivity contribution >= 4 is 22.4 Å². The van der Waals surface area contributed by atoms with Gasteiger partial charge in [-0.05, 0) is 44.7 Å².